The number of hydrogen-bond donors (Lipinski definition) is 0. The van der Waals surface area contributed by atoms with Gasteiger partial charge in [-0.15, -0.1) is 22.7 Å². The van der Waals surface area contributed by atoms with E-state index in [9.17, 15) is 0 Å². The van der Waals surface area contributed by atoms with E-state index in [1.807, 2.05) is 28.7 Å². The fourth-order valence-corrected chi connectivity index (χ4v) is 8.89. The number of nitrogens with zero attached hydrogens (tertiary/aromatic N) is 1. The number of thiophene rings is 2. The van der Waals surface area contributed by atoms with E-state index in [0.717, 1.165) is 11.2 Å². The summed E-state index contributed by atoms with van der Waals surface area (Å²) in [6.45, 7) is 0.0971. The maximum absolute atomic E-state index is 6.38. The summed E-state index contributed by atoms with van der Waals surface area (Å²) in [6.07, 6.45) is 0. The molecule has 0 saturated carbocycles. The molecule has 0 bridgehead atoms. The quantitative estimate of drug-likeness (QED) is 0.208. The van der Waals surface area contributed by atoms with Crippen molar-refractivity contribution in [3.8, 4) is 0 Å². The zero-order valence-electron chi connectivity index (χ0n) is 20.8. The monoisotopic (exact) mass is 533 g/mol. The van der Waals surface area contributed by atoms with Crippen LogP contribution in [0.5, 0.6) is 0 Å². The summed E-state index contributed by atoms with van der Waals surface area (Å²) < 4.78 is 9.02. The van der Waals surface area contributed by atoms with Crippen LogP contribution in [0.4, 0.5) is 15.7 Å². The molecule has 0 atom stereocenters. The Morgan fingerprint density at radius 1 is 0.513 bits per heavy atom. The second kappa shape index (κ2) is 8.09. The molecule has 5 heteroatoms. The molecule has 39 heavy (non-hydrogen) atoms. The number of para-hydroxylation sites is 2. The summed E-state index contributed by atoms with van der Waals surface area (Å²) >= 11 is 3.78. The van der Waals surface area contributed by atoms with Crippen LogP contribution in [-0.2, 0) is 0 Å². The maximum Gasteiger partial charge on any atom is 0.250 e. The first-order valence-electron chi connectivity index (χ1n) is 13.1. The molecule has 0 aliphatic carbocycles. The van der Waals surface area contributed by atoms with Crippen molar-refractivity contribution in [2.75, 3.05) is 4.90 Å². The van der Waals surface area contributed by atoms with E-state index in [1.54, 1.807) is 0 Å². The summed E-state index contributed by atoms with van der Waals surface area (Å²) in [7, 11) is 0. The first-order valence-corrected chi connectivity index (χ1v) is 14.8. The normalized spacial score (nSPS) is 13.0. The highest BCUT2D eigenvalue weighted by atomic mass is 32.1. The van der Waals surface area contributed by atoms with Crippen LogP contribution in [0.3, 0.4) is 0 Å². The third-order valence-electron chi connectivity index (χ3n) is 7.96. The van der Waals surface area contributed by atoms with E-state index in [1.165, 1.54) is 63.0 Å². The molecule has 8 aromatic rings. The van der Waals surface area contributed by atoms with Crippen molar-refractivity contribution in [1.29, 1.82) is 0 Å². The largest absolute Gasteiger partial charge is 0.456 e. The van der Waals surface area contributed by atoms with Crippen LogP contribution < -0.4 is 21.3 Å². The molecule has 0 unspecified atom stereocenters. The number of hydrogen-bond acceptors (Lipinski definition) is 4. The Kier molecular flexibility index (Phi) is 4.48. The Hall–Kier alpha value is -4.32. The van der Waals surface area contributed by atoms with Crippen molar-refractivity contribution in [1.82, 2.24) is 0 Å². The van der Waals surface area contributed by atoms with Gasteiger partial charge < -0.3 is 4.42 Å². The lowest BCUT2D eigenvalue weighted by Gasteiger charge is -2.32. The summed E-state index contributed by atoms with van der Waals surface area (Å²) in [5, 5.41) is 7.60. The lowest BCUT2D eigenvalue weighted by Crippen LogP contribution is -2.56. The molecule has 0 amide bonds. The molecule has 0 fully saturated rings. The molecule has 4 heterocycles. The zero-order chi connectivity index (χ0) is 25.5. The highest BCUT2D eigenvalue weighted by molar-refractivity contribution is 7.30. The lowest BCUT2D eigenvalue weighted by molar-refractivity contribution is 0.669. The van der Waals surface area contributed by atoms with Gasteiger partial charge in [-0.2, -0.15) is 0 Å². The van der Waals surface area contributed by atoms with Crippen LogP contribution in [0.2, 0.25) is 0 Å². The Morgan fingerprint density at radius 3 is 1.77 bits per heavy atom. The number of fused-ring (bicyclic) bond motifs is 9. The van der Waals surface area contributed by atoms with Gasteiger partial charge in [0.05, 0.1) is 10.0 Å². The molecule has 0 saturated heterocycles. The summed E-state index contributed by atoms with van der Waals surface area (Å²) in [6, 6.07) is 43.7. The van der Waals surface area contributed by atoms with Crippen molar-refractivity contribution >= 4 is 104 Å². The van der Waals surface area contributed by atoms with Crippen LogP contribution in [0, 0.1) is 0 Å². The van der Waals surface area contributed by atoms with E-state index in [-0.39, 0.29) is 6.71 Å². The molecule has 0 N–H and O–H groups in total. The maximum atomic E-state index is 6.38. The highest BCUT2D eigenvalue weighted by Crippen LogP contribution is 2.47. The Morgan fingerprint density at radius 2 is 1.08 bits per heavy atom. The van der Waals surface area contributed by atoms with E-state index >= 15 is 0 Å². The fraction of sp³-hybridized carbons (Fsp3) is 0. The first-order chi connectivity index (χ1) is 19.3. The molecular weight excluding hydrogens is 513 g/mol. The van der Waals surface area contributed by atoms with Gasteiger partial charge in [-0.05, 0) is 58.1 Å². The molecule has 9 rings (SSSR count). The van der Waals surface area contributed by atoms with Crippen LogP contribution in [0.25, 0.3) is 42.1 Å². The molecule has 5 aromatic carbocycles. The first kappa shape index (κ1) is 21.6. The van der Waals surface area contributed by atoms with Crippen LogP contribution in [0.15, 0.2) is 126 Å². The number of rotatable bonds is 2. The van der Waals surface area contributed by atoms with Crippen LogP contribution in [-0.4, -0.2) is 6.71 Å². The molecule has 182 valence electrons. The number of benzene rings is 5. The van der Waals surface area contributed by atoms with Gasteiger partial charge in [-0.3, -0.25) is 4.90 Å². The predicted molar refractivity (Wildman–Crippen MR) is 170 cm³/mol. The van der Waals surface area contributed by atoms with E-state index in [0.29, 0.717) is 0 Å². The van der Waals surface area contributed by atoms with Gasteiger partial charge in [0.1, 0.15) is 11.2 Å². The Labute approximate surface area is 233 Å². The van der Waals surface area contributed by atoms with Crippen molar-refractivity contribution in [2.45, 2.75) is 0 Å². The molecule has 0 spiro atoms. The minimum Gasteiger partial charge on any atom is -0.456 e. The fourth-order valence-electron chi connectivity index (χ4n) is 6.30. The van der Waals surface area contributed by atoms with Crippen molar-refractivity contribution in [3.05, 3.63) is 121 Å². The Bertz CT molecular complexity index is 2130. The van der Waals surface area contributed by atoms with Crippen molar-refractivity contribution in [3.63, 3.8) is 0 Å². The van der Waals surface area contributed by atoms with Gasteiger partial charge in [0.2, 0.25) is 0 Å². The molecule has 1 aliphatic rings. The van der Waals surface area contributed by atoms with Gasteiger partial charge in [-0.25, -0.2) is 0 Å². The minimum absolute atomic E-state index is 0.0971. The SMILES string of the molecule is c1ccc(N2c3sc4ccccc4c3B(c3ccc4c(c3)oc3ccccc34)c3c2sc2ccccc32)cc1. The highest BCUT2D eigenvalue weighted by Gasteiger charge is 2.41. The second-order valence-corrected chi connectivity index (χ2v) is 12.2. The van der Waals surface area contributed by atoms with Crippen LogP contribution in [0.1, 0.15) is 0 Å². The average molecular weight is 533 g/mol. The molecule has 1 aliphatic heterocycles. The predicted octanol–water partition coefficient (Wildman–Crippen LogP) is 8.31. The van der Waals surface area contributed by atoms with E-state index in [4.69, 9.17) is 4.42 Å². The van der Waals surface area contributed by atoms with Gasteiger partial charge in [0.15, 0.2) is 0 Å². The van der Waals surface area contributed by atoms with Gasteiger partial charge in [0, 0.05) is 25.9 Å². The summed E-state index contributed by atoms with van der Waals surface area (Å²) in [5.74, 6) is 0. The topological polar surface area (TPSA) is 16.4 Å². The zero-order valence-corrected chi connectivity index (χ0v) is 22.4. The molecule has 0 radical (unpaired) electrons. The van der Waals surface area contributed by atoms with Gasteiger partial charge in [0.25, 0.3) is 6.71 Å². The lowest BCUT2D eigenvalue weighted by atomic mass is 9.35. The molecular formula is C34H20BNOS2. The van der Waals surface area contributed by atoms with Crippen molar-refractivity contribution < 1.29 is 4.42 Å². The van der Waals surface area contributed by atoms with Crippen molar-refractivity contribution in [2.24, 2.45) is 0 Å². The standard InChI is InChI=1S/C34H20BNOS2/c1-2-10-22(11-3-1)36-33-31(25-13-5-8-16-29(25)38-33)35(32-26-14-6-9-17-30(26)39-34(32)36)21-18-19-24-23-12-4-7-15-27(23)37-28(24)20-21/h1-20H. The molecule has 3 aromatic heterocycles. The number of anilines is 3. The van der Waals surface area contributed by atoms with Gasteiger partial charge in [-0.1, -0.05) is 90.4 Å². The third-order valence-corrected chi connectivity index (χ3v) is 10.3. The summed E-state index contributed by atoms with van der Waals surface area (Å²) in [4.78, 5) is 2.50. The van der Waals surface area contributed by atoms with Gasteiger partial charge >= 0.3 is 0 Å². The van der Waals surface area contributed by atoms with E-state index in [2.05, 4.69) is 120 Å². The smallest absolute Gasteiger partial charge is 0.250 e. The van der Waals surface area contributed by atoms with Crippen LogP contribution >= 0.6 is 22.7 Å². The second-order valence-electron chi connectivity index (χ2n) is 10.1. The Balaban J connectivity index is 1.40. The number of furan rings is 1. The summed E-state index contributed by atoms with van der Waals surface area (Å²) in [5.41, 5.74) is 7.11. The average Bonchev–Trinajstić information content (AvgIpc) is 3.67. The molecule has 2 nitrogen and oxygen atoms in total. The van der Waals surface area contributed by atoms with E-state index < -0.39 is 0 Å². The minimum atomic E-state index is 0.0971. The third kappa shape index (κ3) is 3.03.